The van der Waals surface area contributed by atoms with Crippen LogP contribution in [0, 0.1) is 13.8 Å². The molecule has 0 aliphatic heterocycles. The van der Waals surface area contributed by atoms with Gasteiger partial charge in [-0.1, -0.05) is 74.5 Å². The van der Waals surface area contributed by atoms with Gasteiger partial charge in [-0.05, 0) is 61.1 Å². The second kappa shape index (κ2) is 9.92. The summed E-state index contributed by atoms with van der Waals surface area (Å²) in [5, 5.41) is 3.11. The number of pyridine rings is 1. The first-order chi connectivity index (χ1) is 16.4. The van der Waals surface area contributed by atoms with E-state index in [2.05, 4.69) is 25.2 Å². The summed E-state index contributed by atoms with van der Waals surface area (Å²) in [5.41, 5.74) is 6.97. The summed E-state index contributed by atoms with van der Waals surface area (Å²) >= 11 is 0. The number of anilines is 1. The zero-order valence-corrected chi connectivity index (χ0v) is 20.2. The van der Waals surface area contributed by atoms with Gasteiger partial charge < -0.3 is 9.88 Å². The van der Waals surface area contributed by atoms with Crippen LogP contribution in [0.25, 0.3) is 16.9 Å². The molecule has 1 aromatic heterocycles. The summed E-state index contributed by atoms with van der Waals surface area (Å²) in [6.45, 7) is 8.07. The highest BCUT2D eigenvalue weighted by Crippen LogP contribution is 2.29. The van der Waals surface area contributed by atoms with Gasteiger partial charge in [0.05, 0.1) is 5.69 Å². The van der Waals surface area contributed by atoms with Crippen molar-refractivity contribution in [2.24, 2.45) is 0 Å². The van der Waals surface area contributed by atoms with Crippen LogP contribution < -0.4 is 10.7 Å². The molecule has 0 aliphatic rings. The van der Waals surface area contributed by atoms with Crippen LogP contribution in [0.4, 0.5) is 5.69 Å². The average molecular weight is 451 g/mol. The molecule has 0 aliphatic carbocycles. The number of hydrogen-bond acceptors (Lipinski definition) is 2. The minimum atomic E-state index is -0.388. The van der Waals surface area contributed by atoms with E-state index in [0.717, 1.165) is 52.2 Å². The van der Waals surface area contributed by atoms with Gasteiger partial charge in [0.2, 0.25) is 0 Å². The lowest BCUT2D eigenvalue weighted by Crippen LogP contribution is -2.27. The largest absolute Gasteiger partial charge is 0.321 e. The number of nitrogens with zero attached hydrogens (tertiary/aromatic N) is 1. The van der Waals surface area contributed by atoms with Crippen molar-refractivity contribution in [3.8, 4) is 16.9 Å². The minimum Gasteiger partial charge on any atom is -0.321 e. The van der Waals surface area contributed by atoms with Gasteiger partial charge in [-0.3, -0.25) is 9.59 Å². The van der Waals surface area contributed by atoms with E-state index in [1.807, 2.05) is 85.1 Å². The normalized spacial score (nSPS) is 10.8. The fraction of sp³-hybridized carbons (Fsp3) is 0.200. The van der Waals surface area contributed by atoms with Gasteiger partial charge in [0.25, 0.3) is 5.91 Å². The van der Waals surface area contributed by atoms with Crippen molar-refractivity contribution in [2.75, 3.05) is 5.32 Å². The summed E-state index contributed by atoms with van der Waals surface area (Å²) in [5.74, 6) is -0.388. The van der Waals surface area contributed by atoms with Crippen molar-refractivity contribution in [3.05, 3.63) is 117 Å². The van der Waals surface area contributed by atoms with Crippen LogP contribution in [0.3, 0.4) is 0 Å². The van der Waals surface area contributed by atoms with Crippen molar-refractivity contribution >= 4 is 11.6 Å². The van der Waals surface area contributed by atoms with Gasteiger partial charge >= 0.3 is 0 Å². The van der Waals surface area contributed by atoms with Gasteiger partial charge in [0.1, 0.15) is 5.56 Å². The molecule has 0 saturated carbocycles. The van der Waals surface area contributed by atoms with Crippen molar-refractivity contribution in [1.29, 1.82) is 0 Å². The maximum absolute atomic E-state index is 13.8. The topological polar surface area (TPSA) is 51.1 Å². The molecular weight excluding hydrogens is 420 g/mol. The van der Waals surface area contributed by atoms with E-state index in [9.17, 15) is 9.59 Å². The third kappa shape index (κ3) is 4.44. The number of aromatic nitrogens is 1. The number of rotatable bonds is 6. The maximum Gasteiger partial charge on any atom is 0.261 e. The summed E-state index contributed by atoms with van der Waals surface area (Å²) in [6, 6.07) is 25.3. The van der Waals surface area contributed by atoms with Gasteiger partial charge in [-0.2, -0.15) is 0 Å². The molecule has 4 nitrogen and oxygen atoms in total. The standard InChI is InChI=1S/C30H30N2O2/c1-5-22-15-11-16-23(6-2)28(22)31-30(34)27-26(33)19-21(4)32(25-17-10-12-20(3)18-25)29(27)24-13-8-7-9-14-24/h7-19H,5-6H2,1-4H3,(H,31,34). The van der Waals surface area contributed by atoms with Crippen LogP contribution in [0.2, 0.25) is 0 Å². The molecular formula is C30H30N2O2. The molecule has 4 heteroatoms. The summed E-state index contributed by atoms with van der Waals surface area (Å²) in [6.07, 6.45) is 1.58. The Labute approximate surface area is 200 Å². The minimum absolute atomic E-state index is 0.145. The first-order valence-electron chi connectivity index (χ1n) is 11.8. The molecule has 0 radical (unpaired) electrons. The molecule has 0 unspecified atom stereocenters. The number of para-hydroxylation sites is 1. The zero-order valence-electron chi connectivity index (χ0n) is 20.2. The SMILES string of the molecule is CCc1cccc(CC)c1NC(=O)c1c(-c2ccccc2)n(-c2cccc(C)c2)c(C)cc1=O. The molecule has 172 valence electrons. The number of hydrogen-bond donors (Lipinski definition) is 1. The maximum atomic E-state index is 13.8. The van der Waals surface area contributed by atoms with E-state index in [-0.39, 0.29) is 16.9 Å². The van der Waals surface area contributed by atoms with E-state index in [1.165, 1.54) is 0 Å². The number of carbonyl (C=O) groups is 1. The summed E-state index contributed by atoms with van der Waals surface area (Å²) in [7, 11) is 0. The lowest BCUT2D eigenvalue weighted by molar-refractivity contribution is 0.102. The van der Waals surface area contributed by atoms with Crippen molar-refractivity contribution in [3.63, 3.8) is 0 Å². The summed E-state index contributed by atoms with van der Waals surface area (Å²) < 4.78 is 2.01. The second-order valence-corrected chi connectivity index (χ2v) is 8.53. The van der Waals surface area contributed by atoms with Gasteiger partial charge in [-0.15, -0.1) is 0 Å². The van der Waals surface area contributed by atoms with Gasteiger partial charge in [0, 0.05) is 23.1 Å². The Morgan fingerprint density at radius 2 is 1.47 bits per heavy atom. The number of benzene rings is 3. The van der Waals surface area contributed by atoms with Crippen LogP contribution in [0.5, 0.6) is 0 Å². The highest BCUT2D eigenvalue weighted by molar-refractivity contribution is 6.09. The Hall–Kier alpha value is -3.92. The quantitative estimate of drug-likeness (QED) is 0.365. The third-order valence-corrected chi connectivity index (χ3v) is 6.17. The molecule has 0 fully saturated rings. The first kappa shape index (κ1) is 23.2. The number of carbonyl (C=O) groups excluding carboxylic acids is 1. The fourth-order valence-corrected chi connectivity index (χ4v) is 4.50. The monoisotopic (exact) mass is 450 g/mol. The molecule has 3 aromatic carbocycles. The number of aryl methyl sites for hydroxylation is 4. The van der Waals surface area contributed by atoms with Gasteiger partial charge in [-0.25, -0.2) is 0 Å². The Bertz CT molecular complexity index is 1380. The molecule has 4 aromatic rings. The highest BCUT2D eigenvalue weighted by Gasteiger charge is 2.23. The van der Waals surface area contributed by atoms with Gasteiger partial charge in [0.15, 0.2) is 5.43 Å². The molecule has 1 heterocycles. The molecule has 0 saturated heterocycles. The number of amides is 1. The van der Waals surface area contributed by atoms with E-state index in [0.29, 0.717) is 5.69 Å². The van der Waals surface area contributed by atoms with Crippen molar-refractivity contribution in [1.82, 2.24) is 4.57 Å². The van der Waals surface area contributed by atoms with Crippen LogP contribution in [0.1, 0.15) is 46.6 Å². The van der Waals surface area contributed by atoms with E-state index in [4.69, 9.17) is 0 Å². The lowest BCUT2D eigenvalue weighted by atomic mass is 10.00. The van der Waals surface area contributed by atoms with Crippen LogP contribution in [-0.2, 0) is 12.8 Å². The van der Waals surface area contributed by atoms with Crippen LogP contribution in [0.15, 0.2) is 83.7 Å². The highest BCUT2D eigenvalue weighted by atomic mass is 16.2. The first-order valence-corrected chi connectivity index (χ1v) is 11.8. The molecule has 0 bridgehead atoms. The van der Waals surface area contributed by atoms with Crippen LogP contribution in [-0.4, -0.2) is 10.5 Å². The Balaban J connectivity index is 1.98. The molecule has 0 spiro atoms. The predicted molar refractivity (Wildman–Crippen MR) is 140 cm³/mol. The Morgan fingerprint density at radius 3 is 2.09 bits per heavy atom. The van der Waals surface area contributed by atoms with E-state index >= 15 is 0 Å². The second-order valence-electron chi connectivity index (χ2n) is 8.53. The summed E-state index contributed by atoms with van der Waals surface area (Å²) in [4.78, 5) is 27.2. The molecule has 34 heavy (non-hydrogen) atoms. The van der Waals surface area contributed by atoms with Crippen molar-refractivity contribution in [2.45, 2.75) is 40.5 Å². The molecule has 1 N–H and O–H groups in total. The van der Waals surface area contributed by atoms with E-state index < -0.39 is 0 Å². The zero-order chi connectivity index (χ0) is 24.2. The Morgan fingerprint density at radius 1 is 0.824 bits per heavy atom. The molecule has 4 rings (SSSR count). The number of nitrogens with one attached hydrogen (secondary N) is 1. The van der Waals surface area contributed by atoms with Crippen molar-refractivity contribution < 1.29 is 4.79 Å². The fourth-order valence-electron chi connectivity index (χ4n) is 4.50. The Kier molecular flexibility index (Phi) is 6.78. The molecule has 0 atom stereocenters. The average Bonchev–Trinajstić information content (AvgIpc) is 2.84. The predicted octanol–water partition coefficient (Wildman–Crippen LogP) is 6.50. The smallest absolute Gasteiger partial charge is 0.261 e. The lowest BCUT2D eigenvalue weighted by Gasteiger charge is -2.21. The molecule has 1 amide bonds. The third-order valence-electron chi connectivity index (χ3n) is 6.17. The van der Waals surface area contributed by atoms with E-state index in [1.54, 1.807) is 6.07 Å². The van der Waals surface area contributed by atoms with Crippen LogP contribution >= 0.6 is 0 Å².